The van der Waals surface area contributed by atoms with E-state index in [1.165, 1.54) is 0 Å². The summed E-state index contributed by atoms with van der Waals surface area (Å²) < 4.78 is 0. The molecule has 3 N–H and O–H groups in total. The minimum atomic E-state index is -0.518. The lowest BCUT2D eigenvalue weighted by Gasteiger charge is -2.34. The number of nitrogens with one attached hydrogen (secondary N) is 1. The minimum Gasteiger partial charge on any atom is -0.382 e. The van der Waals surface area contributed by atoms with Crippen molar-refractivity contribution in [1.29, 1.82) is 0 Å². The van der Waals surface area contributed by atoms with Gasteiger partial charge in [-0.1, -0.05) is 6.07 Å². The van der Waals surface area contributed by atoms with Crippen LogP contribution in [0.15, 0.2) is 36.7 Å². The van der Waals surface area contributed by atoms with Crippen LogP contribution in [-0.4, -0.2) is 52.9 Å². The molecule has 1 atom stereocenters. The van der Waals surface area contributed by atoms with E-state index in [1.807, 2.05) is 29.2 Å². The molecule has 0 aromatic carbocycles. The molecule has 2 aromatic rings. The third kappa shape index (κ3) is 3.89. The second kappa shape index (κ2) is 8.41. The summed E-state index contributed by atoms with van der Waals surface area (Å²) in [6.07, 6.45) is 9.16. The van der Waals surface area contributed by atoms with Crippen LogP contribution in [0.3, 0.4) is 0 Å². The average Bonchev–Trinajstić information content (AvgIpc) is 3.47. The first-order valence-electron chi connectivity index (χ1n) is 11.6. The van der Waals surface area contributed by atoms with Gasteiger partial charge in [0.2, 0.25) is 11.8 Å². The molecule has 1 saturated carbocycles. The van der Waals surface area contributed by atoms with Crippen molar-refractivity contribution in [2.45, 2.75) is 43.9 Å². The number of anilines is 3. The molecule has 32 heavy (non-hydrogen) atoms. The van der Waals surface area contributed by atoms with Crippen molar-refractivity contribution in [3.05, 3.63) is 42.2 Å². The van der Waals surface area contributed by atoms with Gasteiger partial charge >= 0.3 is 0 Å². The summed E-state index contributed by atoms with van der Waals surface area (Å²) in [6, 6.07) is 7.51. The van der Waals surface area contributed by atoms with Gasteiger partial charge in [0.25, 0.3) is 0 Å². The SMILES string of the molecule is Nc1nc(N2CCC[C@@H](C(=O)N3CCCC3)C2)ccc1NC(=O)C1(c2cccnc2)CC1. The number of nitrogen functional groups attached to an aromatic ring is 1. The summed E-state index contributed by atoms with van der Waals surface area (Å²) in [7, 11) is 0. The quantitative estimate of drug-likeness (QED) is 0.750. The van der Waals surface area contributed by atoms with Crippen molar-refractivity contribution in [3.8, 4) is 0 Å². The van der Waals surface area contributed by atoms with E-state index in [4.69, 9.17) is 5.73 Å². The third-order valence-corrected chi connectivity index (χ3v) is 7.07. The van der Waals surface area contributed by atoms with Crippen LogP contribution in [0, 0.1) is 5.92 Å². The number of carbonyl (C=O) groups excluding carboxylic acids is 2. The van der Waals surface area contributed by atoms with E-state index in [9.17, 15) is 9.59 Å². The van der Waals surface area contributed by atoms with Gasteiger partial charge in [-0.25, -0.2) is 4.98 Å². The second-order valence-electron chi connectivity index (χ2n) is 9.20. The molecule has 2 aliphatic heterocycles. The van der Waals surface area contributed by atoms with E-state index in [-0.39, 0.29) is 17.7 Å². The van der Waals surface area contributed by atoms with Gasteiger partial charge < -0.3 is 20.9 Å². The van der Waals surface area contributed by atoms with Gasteiger partial charge in [0.15, 0.2) is 0 Å². The number of pyridine rings is 2. The van der Waals surface area contributed by atoms with E-state index >= 15 is 0 Å². The number of hydrogen-bond donors (Lipinski definition) is 2. The summed E-state index contributed by atoms with van der Waals surface area (Å²) in [5.74, 6) is 1.27. The van der Waals surface area contributed by atoms with Gasteiger partial charge in [0, 0.05) is 38.6 Å². The molecule has 0 radical (unpaired) electrons. The molecule has 1 aliphatic carbocycles. The summed E-state index contributed by atoms with van der Waals surface area (Å²) >= 11 is 0. The number of likely N-dealkylation sites (tertiary alicyclic amines) is 1. The Kier molecular flexibility index (Phi) is 5.45. The number of piperidine rings is 1. The lowest BCUT2D eigenvalue weighted by Crippen LogP contribution is -2.44. The Balaban J connectivity index is 1.26. The Morgan fingerprint density at radius 2 is 1.91 bits per heavy atom. The van der Waals surface area contributed by atoms with Crippen LogP contribution in [0.4, 0.5) is 17.3 Å². The third-order valence-electron chi connectivity index (χ3n) is 7.07. The van der Waals surface area contributed by atoms with Crippen LogP contribution in [0.5, 0.6) is 0 Å². The zero-order valence-electron chi connectivity index (χ0n) is 18.3. The number of hydrogen-bond acceptors (Lipinski definition) is 6. The molecule has 168 valence electrons. The number of aromatic nitrogens is 2. The highest BCUT2D eigenvalue weighted by Gasteiger charge is 2.51. The highest BCUT2D eigenvalue weighted by atomic mass is 16.2. The highest BCUT2D eigenvalue weighted by molar-refractivity contribution is 6.02. The van der Waals surface area contributed by atoms with Gasteiger partial charge in [-0.05, 0) is 62.3 Å². The van der Waals surface area contributed by atoms with Gasteiger partial charge in [-0.15, -0.1) is 0 Å². The molecular weight excluding hydrogens is 404 g/mol. The van der Waals surface area contributed by atoms with Gasteiger partial charge in [0.05, 0.1) is 17.0 Å². The van der Waals surface area contributed by atoms with Crippen LogP contribution < -0.4 is 16.0 Å². The van der Waals surface area contributed by atoms with Crippen LogP contribution >= 0.6 is 0 Å². The van der Waals surface area contributed by atoms with E-state index in [1.54, 1.807) is 12.4 Å². The first-order chi connectivity index (χ1) is 15.6. The topological polar surface area (TPSA) is 104 Å². The molecule has 3 aliphatic rings. The molecular formula is C24H30N6O2. The lowest BCUT2D eigenvalue weighted by atomic mass is 9.96. The molecule has 2 saturated heterocycles. The first kappa shape index (κ1) is 20.7. The van der Waals surface area contributed by atoms with Crippen molar-refractivity contribution in [2.24, 2.45) is 5.92 Å². The smallest absolute Gasteiger partial charge is 0.235 e. The van der Waals surface area contributed by atoms with Crippen molar-refractivity contribution in [1.82, 2.24) is 14.9 Å². The number of nitrogens with zero attached hydrogens (tertiary/aromatic N) is 4. The minimum absolute atomic E-state index is 0.0125. The molecule has 8 nitrogen and oxygen atoms in total. The zero-order chi connectivity index (χ0) is 22.1. The summed E-state index contributed by atoms with van der Waals surface area (Å²) in [5, 5.41) is 2.97. The average molecular weight is 435 g/mol. The largest absolute Gasteiger partial charge is 0.382 e. The monoisotopic (exact) mass is 434 g/mol. The van der Waals surface area contributed by atoms with Crippen molar-refractivity contribution in [3.63, 3.8) is 0 Å². The van der Waals surface area contributed by atoms with Crippen LogP contribution in [0.1, 0.15) is 44.1 Å². The fourth-order valence-corrected chi connectivity index (χ4v) is 4.99. The summed E-state index contributed by atoms with van der Waals surface area (Å²) in [4.78, 5) is 38.7. The fourth-order valence-electron chi connectivity index (χ4n) is 4.99. The zero-order valence-corrected chi connectivity index (χ0v) is 18.3. The number of nitrogens with two attached hydrogens (primary N) is 1. The lowest BCUT2D eigenvalue weighted by molar-refractivity contribution is -0.134. The summed E-state index contributed by atoms with van der Waals surface area (Å²) in [6.45, 7) is 3.29. The number of carbonyl (C=O) groups is 2. The van der Waals surface area contributed by atoms with E-state index in [0.717, 1.165) is 69.5 Å². The van der Waals surface area contributed by atoms with Crippen LogP contribution in [0.25, 0.3) is 0 Å². The van der Waals surface area contributed by atoms with Crippen molar-refractivity contribution in [2.75, 3.05) is 42.1 Å². The molecule has 2 aromatic heterocycles. The Labute approximate surface area is 188 Å². The van der Waals surface area contributed by atoms with E-state index < -0.39 is 5.41 Å². The maximum atomic E-state index is 13.0. The molecule has 0 unspecified atom stereocenters. The molecule has 2 amide bonds. The maximum Gasteiger partial charge on any atom is 0.235 e. The molecule has 0 spiro atoms. The van der Waals surface area contributed by atoms with E-state index in [0.29, 0.717) is 18.1 Å². The van der Waals surface area contributed by atoms with Gasteiger partial charge in [-0.2, -0.15) is 0 Å². The van der Waals surface area contributed by atoms with E-state index in [2.05, 4.69) is 20.2 Å². The van der Waals surface area contributed by atoms with Crippen LogP contribution in [0.2, 0.25) is 0 Å². The number of amides is 2. The first-order valence-corrected chi connectivity index (χ1v) is 11.6. The Morgan fingerprint density at radius 3 is 2.59 bits per heavy atom. The second-order valence-corrected chi connectivity index (χ2v) is 9.20. The molecule has 4 heterocycles. The predicted molar refractivity (Wildman–Crippen MR) is 123 cm³/mol. The maximum absolute atomic E-state index is 13.0. The summed E-state index contributed by atoms with van der Waals surface area (Å²) in [5.41, 5.74) is 7.17. The van der Waals surface area contributed by atoms with Crippen molar-refractivity contribution >= 4 is 29.1 Å². The number of rotatable bonds is 5. The highest BCUT2D eigenvalue weighted by Crippen LogP contribution is 2.48. The predicted octanol–water partition coefficient (Wildman–Crippen LogP) is 2.57. The Hall–Kier alpha value is -3.16. The Morgan fingerprint density at radius 1 is 1.09 bits per heavy atom. The van der Waals surface area contributed by atoms with Gasteiger partial charge in [-0.3, -0.25) is 14.6 Å². The molecule has 5 rings (SSSR count). The van der Waals surface area contributed by atoms with Crippen molar-refractivity contribution < 1.29 is 9.59 Å². The normalized spacial score (nSPS) is 21.9. The van der Waals surface area contributed by atoms with Gasteiger partial charge in [0.1, 0.15) is 11.6 Å². The molecule has 8 heteroatoms. The fraction of sp³-hybridized carbons (Fsp3) is 0.500. The molecule has 3 fully saturated rings. The molecule has 0 bridgehead atoms. The van der Waals surface area contributed by atoms with Crippen LogP contribution in [-0.2, 0) is 15.0 Å². The standard InChI is InChI=1S/C24H30N6O2/c25-21-19(27-23(32)24(9-10-24)18-6-3-11-26-15-18)7-8-20(28-21)30-14-4-5-17(16-30)22(31)29-12-1-2-13-29/h3,6-8,11,15,17H,1-2,4-5,9-10,12-14,16H2,(H2,25,28)(H,27,32)/t17-/m1/s1. The Bertz CT molecular complexity index is 1000.